The van der Waals surface area contributed by atoms with Gasteiger partial charge in [0.1, 0.15) is 5.82 Å². The molecular weight excluding hydrogens is 202 g/mol. The van der Waals surface area contributed by atoms with Crippen LogP contribution in [0.1, 0.15) is 17.0 Å². The Kier molecular flexibility index (Phi) is 2.87. The van der Waals surface area contributed by atoms with Gasteiger partial charge in [-0.1, -0.05) is 0 Å². The number of hydrogen-bond donors (Lipinski definition) is 2. The number of nitrogens with one attached hydrogen (secondary N) is 1. The molecule has 5 heteroatoms. The third-order valence-corrected chi connectivity index (χ3v) is 2.67. The Bertz CT molecular complexity index is 489. The van der Waals surface area contributed by atoms with E-state index < -0.39 is 0 Å². The zero-order valence-corrected chi connectivity index (χ0v) is 9.44. The lowest BCUT2D eigenvalue weighted by atomic mass is 10.2. The minimum absolute atomic E-state index is 0.673. The van der Waals surface area contributed by atoms with Crippen molar-refractivity contribution in [2.75, 3.05) is 5.43 Å². The van der Waals surface area contributed by atoms with E-state index in [1.54, 1.807) is 6.20 Å². The van der Waals surface area contributed by atoms with Crippen molar-refractivity contribution in [2.24, 2.45) is 5.84 Å². The van der Waals surface area contributed by atoms with E-state index in [-0.39, 0.29) is 0 Å². The molecular formula is C11H15N5. The molecule has 0 saturated heterocycles. The fraction of sp³-hybridized carbons (Fsp3) is 0.273. The smallest absolute Gasteiger partial charge is 0.140 e. The van der Waals surface area contributed by atoms with Gasteiger partial charge >= 0.3 is 0 Å². The van der Waals surface area contributed by atoms with E-state index in [0.29, 0.717) is 5.82 Å². The lowest BCUT2D eigenvalue weighted by molar-refractivity contribution is 0.767. The largest absolute Gasteiger partial charge is 0.330 e. The minimum Gasteiger partial charge on any atom is -0.330 e. The molecule has 0 spiro atoms. The Hall–Kier alpha value is -1.88. The lowest BCUT2D eigenvalue weighted by Crippen LogP contribution is -2.09. The highest BCUT2D eigenvalue weighted by molar-refractivity contribution is 5.36. The summed E-state index contributed by atoms with van der Waals surface area (Å²) < 4.78 is 2.10. The van der Waals surface area contributed by atoms with Crippen LogP contribution in [-0.2, 0) is 6.54 Å². The first-order chi connectivity index (χ1) is 7.70. The van der Waals surface area contributed by atoms with Crippen LogP contribution in [0.2, 0.25) is 0 Å². The third kappa shape index (κ3) is 2.04. The molecule has 2 aromatic heterocycles. The number of nitrogens with zero attached hydrogens (tertiary/aromatic N) is 3. The quantitative estimate of drug-likeness (QED) is 0.599. The van der Waals surface area contributed by atoms with Crippen LogP contribution in [0.15, 0.2) is 24.7 Å². The molecule has 0 atom stereocenters. The monoisotopic (exact) mass is 217 g/mol. The number of anilines is 1. The summed E-state index contributed by atoms with van der Waals surface area (Å²) in [5.41, 5.74) is 5.92. The maximum absolute atomic E-state index is 5.31. The average Bonchev–Trinajstić information content (AvgIpc) is 2.61. The van der Waals surface area contributed by atoms with E-state index in [4.69, 9.17) is 5.84 Å². The van der Waals surface area contributed by atoms with E-state index in [0.717, 1.165) is 17.8 Å². The number of nitrogen functional groups attached to an aromatic ring is 1. The summed E-state index contributed by atoms with van der Waals surface area (Å²) in [4.78, 5) is 8.33. The second-order valence-electron chi connectivity index (χ2n) is 3.74. The second-order valence-corrected chi connectivity index (χ2v) is 3.74. The van der Waals surface area contributed by atoms with Crippen LogP contribution < -0.4 is 11.3 Å². The van der Waals surface area contributed by atoms with Crippen LogP contribution in [0, 0.1) is 13.8 Å². The molecule has 0 radical (unpaired) electrons. The van der Waals surface area contributed by atoms with E-state index in [2.05, 4.69) is 26.9 Å². The van der Waals surface area contributed by atoms with Gasteiger partial charge in [-0.2, -0.15) is 0 Å². The molecule has 0 aliphatic rings. The Labute approximate surface area is 94.3 Å². The number of imidazole rings is 1. The molecule has 5 nitrogen and oxygen atoms in total. The summed E-state index contributed by atoms with van der Waals surface area (Å²) in [6.07, 6.45) is 3.59. The first-order valence-corrected chi connectivity index (χ1v) is 5.10. The highest BCUT2D eigenvalue weighted by atomic mass is 15.2. The average molecular weight is 217 g/mol. The van der Waals surface area contributed by atoms with Gasteiger partial charge in [-0.25, -0.2) is 15.8 Å². The Morgan fingerprint density at radius 2 is 2.19 bits per heavy atom. The SMILES string of the molecule is Cc1ncn(Cc2ccnc(NN)c2)c1C. The van der Waals surface area contributed by atoms with Gasteiger partial charge in [-0.05, 0) is 31.5 Å². The van der Waals surface area contributed by atoms with Gasteiger partial charge in [0.15, 0.2) is 0 Å². The predicted molar refractivity (Wildman–Crippen MR) is 62.9 cm³/mol. The van der Waals surface area contributed by atoms with Crippen LogP contribution in [0.4, 0.5) is 5.82 Å². The topological polar surface area (TPSA) is 68.8 Å². The molecule has 0 aliphatic carbocycles. The third-order valence-electron chi connectivity index (χ3n) is 2.67. The molecule has 0 fully saturated rings. The Balaban J connectivity index is 2.23. The zero-order valence-electron chi connectivity index (χ0n) is 9.44. The molecule has 0 amide bonds. The van der Waals surface area contributed by atoms with Crippen molar-refractivity contribution >= 4 is 5.82 Å². The second kappa shape index (κ2) is 4.32. The van der Waals surface area contributed by atoms with Gasteiger partial charge in [0.2, 0.25) is 0 Å². The van der Waals surface area contributed by atoms with Crippen LogP contribution >= 0.6 is 0 Å². The van der Waals surface area contributed by atoms with Crippen molar-refractivity contribution in [3.8, 4) is 0 Å². The van der Waals surface area contributed by atoms with Crippen LogP contribution in [-0.4, -0.2) is 14.5 Å². The Morgan fingerprint density at radius 3 is 2.81 bits per heavy atom. The molecule has 2 heterocycles. The summed E-state index contributed by atoms with van der Waals surface area (Å²) in [5.74, 6) is 5.99. The molecule has 0 aromatic carbocycles. The van der Waals surface area contributed by atoms with Crippen molar-refractivity contribution in [1.29, 1.82) is 0 Å². The van der Waals surface area contributed by atoms with Crippen molar-refractivity contribution in [2.45, 2.75) is 20.4 Å². The molecule has 3 N–H and O–H groups in total. The van der Waals surface area contributed by atoms with Crippen LogP contribution in [0.3, 0.4) is 0 Å². The summed E-state index contributed by atoms with van der Waals surface area (Å²) in [6, 6.07) is 3.89. The Morgan fingerprint density at radius 1 is 1.38 bits per heavy atom. The lowest BCUT2D eigenvalue weighted by Gasteiger charge is -2.07. The fourth-order valence-electron chi connectivity index (χ4n) is 1.55. The van der Waals surface area contributed by atoms with Gasteiger partial charge in [0, 0.05) is 18.4 Å². The maximum atomic E-state index is 5.31. The number of hydrogen-bond acceptors (Lipinski definition) is 4. The summed E-state index contributed by atoms with van der Waals surface area (Å²) in [6.45, 7) is 4.85. The molecule has 0 aliphatic heterocycles. The van der Waals surface area contributed by atoms with Crippen LogP contribution in [0.25, 0.3) is 0 Å². The molecule has 84 valence electrons. The van der Waals surface area contributed by atoms with Gasteiger partial charge in [-0.3, -0.25) is 0 Å². The number of pyridine rings is 1. The van der Waals surface area contributed by atoms with Crippen molar-refractivity contribution in [1.82, 2.24) is 14.5 Å². The van der Waals surface area contributed by atoms with Gasteiger partial charge < -0.3 is 9.99 Å². The summed E-state index contributed by atoms with van der Waals surface area (Å²) in [7, 11) is 0. The van der Waals surface area contributed by atoms with Crippen LogP contribution in [0.5, 0.6) is 0 Å². The normalized spacial score (nSPS) is 10.4. The number of rotatable bonds is 3. The summed E-state index contributed by atoms with van der Waals surface area (Å²) in [5, 5.41) is 0. The molecule has 16 heavy (non-hydrogen) atoms. The highest BCUT2D eigenvalue weighted by Gasteiger charge is 2.03. The maximum Gasteiger partial charge on any atom is 0.140 e. The number of aromatic nitrogens is 3. The van der Waals surface area contributed by atoms with E-state index in [9.17, 15) is 0 Å². The summed E-state index contributed by atoms with van der Waals surface area (Å²) >= 11 is 0. The standard InChI is InChI=1S/C11H15N5/c1-8-9(2)16(7-14-8)6-10-3-4-13-11(5-10)15-12/h3-5,7H,6,12H2,1-2H3,(H,13,15). The zero-order chi connectivity index (χ0) is 11.5. The molecule has 2 aromatic rings. The molecule has 0 saturated carbocycles. The van der Waals surface area contributed by atoms with E-state index in [1.807, 2.05) is 25.4 Å². The molecule has 2 rings (SSSR count). The van der Waals surface area contributed by atoms with Crippen molar-refractivity contribution < 1.29 is 0 Å². The first-order valence-electron chi connectivity index (χ1n) is 5.10. The minimum atomic E-state index is 0.673. The predicted octanol–water partition coefficient (Wildman–Crippen LogP) is 1.23. The highest BCUT2D eigenvalue weighted by Crippen LogP contribution is 2.10. The first kappa shape index (κ1) is 10.6. The van der Waals surface area contributed by atoms with Crippen molar-refractivity contribution in [3.63, 3.8) is 0 Å². The van der Waals surface area contributed by atoms with Gasteiger partial charge in [0.25, 0.3) is 0 Å². The van der Waals surface area contributed by atoms with E-state index in [1.165, 1.54) is 5.69 Å². The molecule has 0 unspecified atom stereocenters. The number of hydrazine groups is 1. The van der Waals surface area contributed by atoms with Gasteiger partial charge in [-0.15, -0.1) is 0 Å². The number of aryl methyl sites for hydroxylation is 1. The number of nitrogens with two attached hydrogens (primary N) is 1. The van der Waals surface area contributed by atoms with Crippen molar-refractivity contribution in [3.05, 3.63) is 41.6 Å². The molecule has 0 bridgehead atoms. The van der Waals surface area contributed by atoms with Gasteiger partial charge in [0.05, 0.1) is 12.0 Å². The fourth-order valence-corrected chi connectivity index (χ4v) is 1.55. The van der Waals surface area contributed by atoms with E-state index >= 15 is 0 Å².